The lowest BCUT2D eigenvalue weighted by atomic mass is 10.0. The number of aliphatic hydroxyl groups is 1. The van der Waals surface area contributed by atoms with Crippen molar-refractivity contribution in [2.24, 2.45) is 0 Å². The Morgan fingerprint density at radius 3 is 2.58 bits per heavy atom. The average Bonchev–Trinajstić information content (AvgIpc) is 2.79. The summed E-state index contributed by atoms with van der Waals surface area (Å²) in [5.74, 6) is -0.284. The third kappa shape index (κ3) is 8.09. The number of hydrogen-bond acceptors (Lipinski definition) is 7. The molecule has 2 aromatic carbocycles. The topological polar surface area (TPSA) is 126 Å². The van der Waals surface area contributed by atoms with Crippen LogP contribution in [0, 0.1) is 0 Å². The second kappa shape index (κ2) is 13.0. The van der Waals surface area contributed by atoms with Gasteiger partial charge in [0.25, 0.3) is 5.91 Å². The number of benzene rings is 2. The number of amides is 2. The number of para-hydroxylation sites is 1. The lowest BCUT2D eigenvalue weighted by molar-refractivity contribution is -0.124. The van der Waals surface area contributed by atoms with Crippen molar-refractivity contribution in [2.45, 2.75) is 19.1 Å². The first kappa shape index (κ1) is 23.9. The molecule has 0 aromatic heterocycles. The molecule has 0 saturated heterocycles. The molecular formula is C22H26N2O7. The number of rotatable bonds is 11. The summed E-state index contributed by atoms with van der Waals surface area (Å²) in [5, 5.41) is 20.4. The van der Waals surface area contributed by atoms with E-state index in [9.17, 15) is 9.59 Å². The number of hydrogen-bond donors (Lipinski definition) is 4. The second-order valence-electron chi connectivity index (χ2n) is 6.22. The number of hydroxylamine groups is 1. The zero-order valence-electron chi connectivity index (χ0n) is 17.1. The first-order valence-corrected chi connectivity index (χ1v) is 9.67. The minimum atomic E-state index is -0.941. The fourth-order valence-corrected chi connectivity index (χ4v) is 2.71. The van der Waals surface area contributed by atoms with Crippen LogP contribution >= 0.6 is 0 Å². The third-order valence-electron chi connectivity index (χ3n) is 4.01. The van der Waals surface area contributed by atoms with Crippen molar-refractivity contribution < 1.29 is 34.1 Å². The molecule has 2 amide bonds. The first-order valence-electron chi connectivity index (χ1n) is 9.67. The lowest BCUT2D eigenvalue weighted by Crippen LogP contribution is -2.28. The van der Waals surface area contributed by atoms with Crippen LogP contribution in [0.15, 0.2) is 66.7 Å². The molecule has 2 aromatic rings. The van der Waals surface area contributed by atoms with E-state index in [1.165, 1.54) is 11.6 Å². The number of carbonyl (C=O) groups excluding carboxylic acids is 2. The maximum absolute atomic E-state index is 12.6. The van der Waals surface area contributed by atoms with Gasteiger partial charge in [-0.2, -0.15) is 0 Å². The molecule has 0 heterocycles. The number of nitrogens with one attached hydrogen (secondary N) is 2. The highest BCUT2D eigenvalue weighted by Crippen LogP contribution is 2.28. The van der Waals surface area contributed by atoms with Crippen LogP contribution in [-0.4, -0.2) is 48.2 Å². The summed E-state index contributed by atoms with van der Waals surface area (Å²) in [6, 6.07) is 15.6. The molecule has 0 aliphatic rings. The van der Waals surface area contributed by atoms with Gasteiger partial charge in [-0.1, -0.05) is 30.3 Å². The van der Waals surface area contributed by atoms with E-state index in [2.05, 4.69) is 5.32 Å². The molecule has 166 valence electrons. The van der Waals surface area contributed by atoms with E-state index in [0.29, 0.717) is 17.0 Å². The standard InChI is InChI=1S/C22H26N2O7/c1-2-29-19(11-12-20(26)24-28)21(16-7-6-10-18(15-16)30-14-13-25)31-22(27)23-17-8-4-3-5-9-17/h3-12,15,19,21,25,28H,2,13-14H2,1H3,(H,23,27)(H,24,26)/b12-11+/t19-,21-/m1/s1. The van der Waals surface area contributed by atoms with E-state index in [1.807, 2.05) is 6.07 Å². The number of anilines is 1. The molecule has 0 aliphatic carbocycles. The Kier molecular flexibility index (Phi) is 10.0. The van der Waals surface area contributed by atoms with Gasteiger partial charge in [-0.05, 0) is 42.8 Å². The van der Waals surface area contributed by atoms with E-state index >= 15 is 0 Å². The molecule has 0 radical (unpaired) electrons. The molecule has 0 unspecified atom stereocenters. The van der Waals surface area contributed by atoms with Crippen LogP contribution < -0.4 is 15.5 Å². The van der Waals surface area contributed by atoms with Crippen molar-refractivity contribution in [3.63, 3.8) is 0 Å². The Morgan fingerprint density at radius 1 is 1.13 bits per heavy atom. The Balaban J connectivity index is 2.31. The van der Waals surface area contributed by atoms with Gasteiger partial charge in [-0.25, -0.2) is 10.3 Å². The molecule has 9 heteroatoms. The SMILES string of the molecule is CCO[C@H](/C=C/C(=O)NO)[C@H](OC(=O)Nc1ccccc1)c1cccc(OCCO)c1. The largest absolute Gasteiger partial charge is 0.491 e. The van der Waals surface area contributed by atoms with Gasteiger partial charge in [0.2, 0.25) is 0 Å². The van der Waals surface area contributed by atoms with Gasteiger partial charge in [0.15, 0.2) is 6.10 Å². The van der Waals surface area contributed by atoms with E-state index in [4.69, 9.17) is 24.5 Å². The van der Waals surface area contributed by atoms with Gasteiger partial charge in [0.05, 0.1) is 6.61 Å². The Morgan fingerprint density at radius 2 is 1.90 bits per heavy atom. The van der Waals surface area contributed by atoms with Crippen molar-refractivity contribution in [2.75, 3.05) is 25.1 Å². The zero-order valence-corrected chi connectivity index (χ0v) is 17.1. The van der Waals surface area contributed by atoms with Crippen molar-refractivity contribution in [1.29, 1.82) is 0 Å². The summed E-state index contributed by atoms with van der Waals surface area (Å²) < 4.78 is 16.8. The number of ether oxygens (including phenoxy) is 3. The van der Waals surface area contributed by atoms with Gasteiger partial charge < -0.3 is 19.3 Å². The average molecular weight is 430 g/mol. The highest BCUT2D eigenvalue weighted by molar-refractivity contribution is 5.86. The fourth-order valence-electron chi connectivity index (χ4n) is 2.71. The molecule has 2 atom stereocenters. The summed E-state index contributed by atoms with van der Waals surface area (Å²) in [4.78, 5) is 24.0. The maximum Gasteiger partial charge on any atom is 0.412 e. The van der Waals surface area contributed by atoms with Crippen LogP contribution in [0.2, 0.25) is 0 Å². The van der Waals surface area contributed by atoms with E-state index < -0.39 is 24.2 Å². The predicted molar refractivity (Wildman–Crippen MR) is 113 cm³/mol. The van der Waals surface area contributed by atoms with Gasteiger partial charge in [0, 0.05) is 18.4 Å². The molecule has 0 aliphatic heterocycles. The molecule has 0 saturated carbocycles. The van der Waals surface area contributed by atoms with E-state index in [-0.39, 0.29) is 19.8 Å². The van der Waals surface area contributed by atoms with Crippen molar-refractivity contribution in [1.82, 2.24) is 5.48 Å². The summed E-state index contributed by atoms with van der Waals surface area (Å²) in [6.07, 6.45) is -0.0297. The molecule has 31 heavy (non-hydrogen) atoms. The van der Waals surface area contributed by atoms with Gasteiger partial charge in [-0.3, -0.25) is 15.3 Å². The minimum absolute atomic E-state index is 0.106. The van der Waals surface area contributed by atoms with Gasteiger partial charge in [-0.15, -0.1) is 0 Å². The molecule has 0 fully saturated rings. The van der Waals surface area contributed by atoms with Crippen LogP contribution in [0.3, 0.4) is 0 Å². The highest BCUT2D eigenvalue weighted by Gasteiger charge is 2.27. The third-order valence-corrected chi connectivity index (χ3v) is 4.01. The maximum atomic E-state index is 12.6. The van der Waals surface area contributed by atoms with E-state index in [1.54, 1.807) is 55.5 Å². The lowest BCUT2D eigenvalue weighted by Gasteiger charge is -2.25. The van der Waals surface area contributed by atoms with Gasteiger partial charge >= 0.3 is 6.09 Å². The Hall–Kier alpha value is -3.40. The normalized spacial score (nSPS) is 12.7. The minimum Gasteiger partial charge on any atom is -0.491 e. The van der Waals surface area contributed by atoms with Crippen LogP contribution in [-0.2, 0) is 14.3 Å². The number of aliphatic hydroxyl groups excluding tert-OH is 1. The zero-order chi connectivity index (χ0) is 22.5. The Bertz CT molecular complexity index is 858. The summed E-state index contributed by atoms with van der Waals surface area (Å²) in [6.45, 7) is 1.99. The quantitative estimate of drug-likeness (QED) is 0.245. The first-order chi connectivity index (χ1) is 15.1. The molecule has 0 spiro atoms. The summed E-state index contributed by atoms with van der Waals surface area (Å²) in [5.41, 5.74) is 2.60. The molecule has 2 rings (SSSR count). The molecule has 4 N–H and O–H groups in total. The number of carbonyl (C=O) groups is 2. The monoisotopic (exact) mass is 430 g/mol. The van der Waals surface area contributed by atoms with Crippen LogP contribution in [0.25, 0.3) is 0 Å². The summed E-state index contributed by atoms with van der Waals surface area (Å²) in [7, 11) is 0. The second-order valence-corrected chi connectivity index (χ2v) is 6.22. The summed E-state index contributed by atoms with van der Waals surface area (Å²) >= 11 is 0. The van der Waals surface area contributed by atoms with Crippen LogP contribution in [0.4, 0.5) is 10.5 Å². The fraction of sp³-hybridized carbons (Fsp3) is 0.273. The van der Waals surface area contributed by atoms with Crippen LogP contribution in [0.5, 0.6) is 5.75 Å². The van der Waals surface area contributed by atoms with Crippen molar-refractivity contribution in [3.05, 3.63) is 72.3 Å². The molecule has 0 bridgehead atoms. The van der Waals surface area contributed by atoms with E-state index in [0.717, 1.165) is 6.08 Å². The molecular weight excluding hydrogens is 404 g/mol. The predicted octanol–water partition coefficient (Wildman–Crippen LogP) is 2.81. The Labute approximate surface area is 180 Å². The smallest absolute Gasteiger partial charge is 0.412 e. The highest BCUT2D eigenvalue weighted by atomic mass is 16.6. The van der Waals surface area contributed by atoms with Gasteiger partial charge in [0.1, 0.15) is 18.5 Å². The van der Waals surface area contributed by atoms with Crippen LogP contribution in [0.1, 0.15) is 18.6 Å². The van der Waals surface area contributed by atoms with Crippen molar-refractivity contribution in [3.8, 4) is 5.75 Å². The van der Waals surface area contributed by atoms with Crippen molar-refractivity contribution >= 4 is 17.7 Å². The molecule has 9 nitrogen and oxygen atoms in total.